The quantitative estimate of drug-likeness (QED) is 0.169. The normalized spacial score (nSPS) is 12.6. The maximum Gasteiger partial charge on any atom is 0.143 e. The number of benzene rings is 10. The van der Waals surface area contributed by atoms with Crippen LogP contribution in [0.4, 0.5) is 0 Å². The monoisotopic (exact) mass is 675 g/mol. The van der Waals surface area contributed by atoms with Crippen molar-refractivity contribution >= 4 is 65.0 Å². The Labute approximate surface area is 311 Å². The van der Waals surface area contributed by atoms with Crippen LogP contribution in [0.3, 0.4) is 0 Å². The molecule has 0 N–H and O–H groups in total. The lowest BCUT2D eigenvalue weighted by Crippen LogP contribution is -1.91. The molecule has 0 aliphatic carbocycles. The molecule has 1 heterocycles. The summed E-state index contributed by atoms with van der Waals surface area (Å²) in [7, 11) is 0. The molecule has 11 rings (SSSR count). The van der Waals surface area contributed by atoms with Crippen molar-refractivity contribution in [3.8, 4) is 44.5 Å². The molecular weight excluding hydrogens is 641 g/mol. The van der Waals surface area contributed by atoms with Crippen LogP contribution >= 0.6 is 0 Å². The van der Waals surface area contributed by atoms with Crippen molar-refractivity contribution in [2.45, 2.75) is 0 Å². The van der Waals surface area contributed by atoms with Gasteiger partial charge in [-0.15, -0.1) is 0 Å². The predicted octanol–water partition coefficient (Wildman–Crippen LogP) is 14.9. The van der Waals surface area contributed by atoms with Crippen LogP contribution in [0.5, 0.6) is 0 Å². The molecule has 0 bridgehead atoms. The fourth-order valence-electron chi connectivity index (χ4n) is 8.35. The summed E-state index contributed by atoms with van der Waals surface area (Å²) in [4.78, 5) is 0. The molecule has 0 amide bonds. The van der Waals surface area contributed by atoms with Crippen LogP contribution in [-0.4, -0.2) is 0 Å². The molecule has 246 valence electrons. The van der Waals surface area contributed by atoms with Gasteiger partial charge in [0.05, 0.1) is 4.11 Å². The fourth-order valence-corrected chi connectivity index (χ4v) is 8.35. The Hall–Kier alpha value is -6.96. The van der Waals surface area contributed by atoms with E-state index in [4.69, 9.17) is 8.53 Å². The number of fused-ring (bicyclic) bond motifs is 7. The Balaban J connectivity index is 1.06. The number of para-hydroxylation sites is 1. The second-order valence-electron chi connectivity index (χ2n) is 13.8. The van der Waals surface area contributed by atoms with E-state index < -0.39 is 0 Å². The summed E-state index contributed by atoms with van der Waals surface area (Å²) in [6, 6.07) is 61.6. The third kappa shape index (κ3) is 4.71. The van der Waals surface area contributed by atoms with Gasteiger partial charge >= 0.3 is 0 Å². The largest absolute Gasteiger partial charge is 0.455 e. The molecule has 11 aromatic rings. The first-order valence-corrected chi connectivity index (χ1v) is 18.0. The Morgan fingerprint density at radius 2 is 0.811 bits per heavy atom. The smallest absolute Gasteiger partial charge is 0.143 e. The SMILES string of the molecule is [2H]c1c([2H])c([2H])c2c(oc3cc4ccccc4cc32)c1-c1ccc(-c2c3ccccc3c(-c3ccc(-c4cccc5ccccc45)cc3)c3ccccc23)cc1. The van der Waals surface area contributed by atoms with E-state index in [1.807, 2.05) is 48.5 Å². The molecule has 0 unspecified atom stereocenters. The Morgan fingerprint density at radius 1 is 0.340 bits per heavy atom. The van der Waals surface area contributed by atoms with Crippen LogP contribution < -0.4 is 0 Å². The van der Waals surface area contributed by atoms with Crippen molar-refractivity contribution in [3.05, 3.63) is 194 Å². The number of hydrogen-bond donors (Lipinski definition) is 0. The van der Waals surface area contributed by atoms with E-state index in [1.54, 1.807) is 0 Å². The van der Waals surface area contributed by atoms with Gasteiger partial charge in [-0.2, -0.15) is 0 Å². The van der Waals surface area contributed by atoms with E-state index in [1.165, 1.54) is 38.2 Å². The molecule has 0 aliphatic rings. The van der Waals surface area contributed by atoms with E-state index >= 15 is 0 Å². The molecule has 0 saturated carbocycles. The molecule has 0 spiro atoms. The standard InChI is InChI=1S/C52H32O/c1-2-13-39-32-49-48(31-38(39)12-1)47-22-10-21-42(52(47)53-49)35-25-29-37(30-26-35)51-45-18-7-5-16-43(45)50(44-17-6-8-19-46(44)51)36-27-23-34(24-28-36)41-20-9-14-33-11-3-4-15-40(33)41/h1-32H/i10D,21D,22D. The van der Waals surface area contributed by atoms with Gasteiger partial charge < -0.3 is 4.42 Å². The van der Waals surface area contributed by atoms with E-state index in [9.17, 15) is 0 Å². The van der Waals surface area contributed by atoms with Gasteiger partial charge in [-0.25, -0.2) is 0 Å². The zero-order chi connectivity index (χ0) is 37.5. The van der Waals surface area contributed by atoms with Gasteiger partial charge in [-0.05, 0) is 94.2 Å². The first kappa shape index (κ1) is 26.8. The molecule has 0 atom stereocenters. The lowest BCUT2D eigenvalue weighted by atomic mass is 9.85. The van der Waals surface area contributed by atoms with Crippen LogP contribution in [-0.2, 0) is 0 Å². The number of furan rings is 1. The van der Waals surface area contributed by atoms with Crippen LogP contribution in [0.15, 0.2) is 198 Å². The third-order valence-corrected chi connectivity index (χ3v) is 10.8. The molecule has 1 aromatic heterocycles. The highest BCUT2D eigenvalue weighted by molar-refractivity contribution is 6.21. The molecule has 0 aliphatic heterocycles. The highest BCUT2D eigenvalue weighted by Gasteiger charge is 2.18. The predicted molar refractivity (Wildman–Crippen MR) is 225 cm³/mol. The fraction of sp³-hybridized carbons (Fsp3) is 0. The van der Waals surface area contributed by atoms with Crippen molar-refractivity contribution in [1.29, 1.82) is 0 Å². The van der Waals surface area contributed by atoms with Gasteiger partial charge in [0.2, 0.25) is 0 Å². The van der Waals surface area contributed by atoms with Gasteiger partial charge in [-0.3, -0.25) is 0 Å². The zero-order valence-corrected chi connectivity index (χ0v) is 28.7. The second-order valence-corrected chi connectivity index (χ2v) is 13.8. The summed E-state index contributed by atoms with van der Waals surface area (Å²) < 4.78 is 33.2. The van der Waals surface area contributed by atoms with Crippen LogP contribution in [0.1, 0.15) is 4.11 Å². The maximum atomic E-state index is 9.04. The molecule has 10 aromatic carbocycles. The van der Waals surface area contributed by atoms with E-state index in [-0.39, 0.29) is 18.1 Å². The van der Waals surface area contributed by atoms with Crippen molar-refractivity contribution in [2.75, 3.05) is 0 Å². The summed E-state index contributed by atoms with van der Waals surface area (Å²) in [6.07, 6.45) is 0. The van der Waals surface area contributed by atoms with Gasteiger partial charge in [0.25, 0.3) is 0 Å². The number of rotatable bonds is 4. The number of hydrogen-bond acceptors (Lipinski definition) is 1. The summed E-state index contributed by atoms with van der Waals surface area (Å²) >= 11 is 0. The summed E-state index contributed by atoms with van der Waals surface area (Å²) in [6.45, 7) is 0. The van der Waals surface area contributed by atoms with Crippen molar-refractivity contribution < 1.29 is 8.53 Å². The van der Waals surface area contributed by atoms with Crippen molar-refractivity contribution in [2.24, 2.45) is 0 Å². The van der Waals surface area contributed by atoms with Crippen LogP contribution in [0, 0.1) is 0 Å². The van der Waals surface area contributed by atoms with Gasteiger partial charge in [-0.1, -0.05) is 182 Å². The minimum Gasteiger partial charge on any atom is -0.455 e. The average molecular weight is 676 g/mol. The van der Waals surface area contributed by atoms with Crippen LogP contribution in [0.2, 0.25) is 0 Å². The first-order chi connectivity index (χ1) is 27.5. The molecule has 1 nitrogen and oxygen atoms in total. The Bertz CT molecular complexity index is 3320. The van der Waals surface area contributed by atoms with Gasteiger partial charge in [0.15, 0.2) is 0 Å². The molecule has 0 radical (unpaired) electrons. The van der Waals surface area contributed by atoms with Crippen LogP contribution in [0.25, 0.3) is 110 Å². The first-order valence-electron chi connectivity index (χ1n) is 19.5. The minimum atomic E-state index is -0.106. The van der Waals surface area contributed by atoms with E-state index in [0.717, 1.165) is 49.2 Å². The average Bonchev–Trinajstić information content (AvgIpc) is 3.62. The maximum absolute atomic E-state index is 9.04. The molecule has 53 heavy (non-hydrogen) atoms. The molecule has 0 saturated heterocycles. The Kier molecular flexibility index (Phi) is 5.97. The molecule has 1 heteroatoms. The van der Waals surface area contributed by atoms with E-state index in [0.29, 0.717) is 22.1 Å². The summed E-state index contributed by atoms with van der Waals surface area (Å²) in [5, 5.41) is 10.6. The van der Waals surface area contributed by atoms with Gasteiger partial charge in [0.1, 0.15) is 11.2 Å². The lowest BCUT2D eigenvalue weighted by Gasteiger charge is -2.18. The highest BCUT2D eigenvalue weighted by atomic mass is 16.3. The second kappa shape index (κ2) is 11.8. The van der Waals surface area contributed by atoms with Gasteiger partial charge in [0, 0.05) is 16.3 Å². The summed E-state index contributed by atoms with van der Waals surface area (Å²) in [5.74, 6) is 0. The van der Waals surface area contributed by atoms with E-state index in [2.05, 4.69) is 127 Å². The topological polar surface area (TPSA) is 13.1 Å². The zero-order valence-electron chi connectivity index (χ0n) is 31.7. The summed E-state index contributed by atoms with van der Waals surface area (Å²) in [5.41, 5.74) is 9.42. The minimum absolute atomic E-state index is 0.00872. The molecule has 0 fully saturated rings. The lowest BCUT2D eigenvalue weighted by molar-refractivity contribution is 0.670. The van der Waals surface area contributed by atoms with Crippen molar-refractivity contribution in [1.82, 2.24) is 0 Å². The van der Waals surface area contributed by atoms with Crippen molar-refractivity contribution in [3.63, 3.8) is 0 Å². The molecular formula is C52H32O. The Morgan fingerprint density at radius 3 is 1.42 bits per heavy atom. The highest BCUT2D eigenvalue weighted by Crippen LogP contribution is 2.45. The third-order valence-electron chi connectivity index (χ3n) is 10.8.